The normalized spacial score (nSPS) is 15.0. The van der Waals surface area contributed by atoms with Gasteiger partial charge in [-0.1, -0.05) is 38.3 Å². The maximum absolute atomic E-state index is 11.9. The highest BCUT2D eigenvalue weighted by Gasteiger charge is 2.34. The maximum atomic E-state index is 11.9. The van der Waals surface area contributed by atoms with Crippen LogP contribution in [0, 0.1) is 0 Å². The van der Waals surface area contributed by atoms with Crippen molar-refractivity contribution in [1.29, 1.82) is 0 Å². The third-order valence-electron chi connectivity index (χ3n) is 4.07. The number of carbonyl (C=O) groups excluding carboxylic acids is 4. The second-order valence-corrected chi connectivity index (χ2v) is 6.25. The molecule has 146 valence electrons. The van der Waals surface area contributed by atoms with Crippen molar-refractivity contribution in [2.45, 2.75) is 58.0 Å². The standard InChI is InChI=1S/C19H23NO7/c1-2-3-4-5-6-17(23)26-14-9-7-13(8-10-14)18(24)19(25)27-20-15(21)11-12-16(20)22/h7-10,18,24H,2-6,11-12H2,1H3. The van der Waals surface area contributed by atoms with Crippen LogP contribution >= 0.6 is 0 Å². The van der Waals surface area contributed by atoms with E-state index in [1.165, 1.54) is 24.3 Å². The van der Waals surface area contributed by atoms with Crippen LogP contribution in [0.4, 0.5) is 0 Å². The number of aliphatic hydroxyl groups is 1. The second kappa shape index (κ2) is 9.82. The quantitative estimate of drug-likeness (QED) is 0.304. The lowest BCUT2D eigenvalue weighted by Gasteiger charge is -2.16. The molecule has 0 aliphatic carbocycles. The SMILES string of the molecule is CCCCCCC(=O)Oc1ccc(C(O)C(=O)ON2C(=O)CCC2=O)cc1. The first kappa shape index (κ1) is 20.6. The molecule has 1 unspecified atom stereocenters. The topological polar surface area (TPSA) is 110 Å². The summed E-state index contributed by atoms with van der Waals surface area (Å²) in [6.45, 7) is 2.09. The molecule has 8 heteroatoms. The third-order valence-corrected chi connectivity index (χ3v) is 4.07. The molecule has 2 amide bonds. The summed E-state index contributed by atoms with van der Waals surface area (Å²) >= 11 is 0. The highest BCUT2D eigenvalue weighted by atomic mass is 16.7. The molecule has 2 rings (SSSR count). The van der Waals surface area contributed by atoms with E-state index in [4.69, 9.17) is 4.74 Å². The van der Waals surface area contributed by atoms with Crippen LogP contribution in [-0.4, -0.2) is 33.9 Å². The Morgan fingerprint density at radius 1 is 1.07 bits per heavy atom. The Morgan fingerprint density at radius 3 is 2.30 bits per heavy atom. The lowest BCUT2D eigenvalue weighted by molar-refractivity contribution is -0.203. The van der Waals surface area contributed by atoms with Crippen molar-refractivity contribution in [3.8, 4) is 5.75 Å². The molecule has 1 saturated heterocycles. The van der Waals surface area contributed by atoms with Gasteiger partial charge < -0.3 is 14.7 Å². The van der Waals surface area contributed by atoms with Crippen molar-refractivity contribution in [1.82, 2.24) is 5.06 Å². The fourth-order valence-corrected chi connectivity index (χ4v) is 2.53. The molecular weight excluding hydrogens is 354 g/mol. The molecule has 0 spiro atoms. The molecule has 1 aliphatic heterocycles. The van der Waals surface area contributed by atoms with Gasteiger partial charge >= 0.3 is 11.9 Å². The number of carbonyl (C=O) groups is 4. The van der Waals surface area contributed by atoms with Crippen LogP contribution < -0.4 is 4.74 Å². The minimum atomic E-state index is -1.68. The molecule has 1 atom stereocenters. The summed E-state index contributed by atoms with van der Waals surface area (Å²) in [6, 6.07) is 5.70. The molecule has 27 heavy (non-hydrogen) atoms. The average Bonchev–Trinajstić information content (AvgIpc) is 2.97. The summed E-state index contributed by atoms with van der Waals surface area (Å²) in [5, 5.41) is 10.4. The molecule has 8 nitrogen and oxygen atoms in total. The molecule has 0 radical (unpaired) electrons. The smallest absolute Gasteiger partial charge is 0.365 e. The number of amides is 2. The van der Waals surface area contributed by atoms with Crippen molar-refractivity contribution < 1.29 is 33.9 Å². The maximum Gasteiger partial charge on any atom is 0.365 e. The minimum Gasteiger partial charge on any atom is -0.427 e. The lowest BCUT2D eigenvalue weighted by Crippen LogP contribution is -2.34. The average molecular weight is 377 g/mol. The number of hydroxylamine groups is 2. The number of hydrogen-bond donors (Lipinski definition) is 1. The van der Waals surface area contributed by atoms with Crippen LogP contribution in [0.15, 0.2) is 24.3 Å². The Balaban J connectivity index is 1.86. The number of hydrogen-bond acceptors (Lipinski definition) is 7. The van der Waals surface area contributed by atoms with Crippen molar-refractivity contribution >= 4 is 23.8 Å². The van der Waals surface area contributed by atoms with E-state index in [0.29, 0.717) is 17.2 Å². The van der Waals surface area contributed by atoms with E-state index in [0.717, 1.165) is 25.7 Å². The highest BCUT2D eigenvalue weighted by Crippen LogP contribution is 2.21. The zero-order valence-corrected chi connectivity index (χ0v) is 15.2. The number of benzene rings is 1. The zero-order valence-electron chi connectivity index (χ0n) is 15.2. The number of ether oxygens (including phenoxy) is 1. The van der Waals surface area contributed by atoms with Gasteiger partial charge in [0, 0.05) is 19.3 Å². The zero-order chi connectivity index (χ0) is 19.8. The monoisotopic (exact) mass is 377 g/mol. The molecule has 0 bridgehead atoms. The van der Waals surface area contributed by atoms with Gasteiger partial charge in [0.25, 0.3) is 11.8 Å². The molecule has 1 heterocycles. The van der Waals surface area contributed by atoms with Gasteiger partial charge in [-0.05, 0) is 24.1 Å². The number of imide groups is 1. The summed E-state index contributed by atoms with van der Waals surface area (Å²) < 4.78 is 5.19. The number of aliphatic hydroxyl groups excluding tert-OH is 1. The molecule has 1 aliphatic rings. The van der Waals surface area contributed by atoms with Crippen molar-refractivity contribution in [2.75, 3.05) is 0 Å². The van der Waals surface area contributed by atoms with E-state index in [2.05, 4.69) is 11.8 Å². The Kier molecular flexibility index (Phi) is 7.48. The molecule has 1 N–H and O–H groups in total. The number of esters is 1. The van der Waals surface area contributed by atoms with Crippen LogP contribution in [0.3, 0.4) is 0 Å². The van der Waals surface area contributed by atoms with Gasteiger partial charge in [0.15, 0.2) is 6.10 Å². The summed E-state index contributed by atoms with van der Waals surface area (Å²) in [4.78, 5) is 51.2. The Hall–Kier alpha value is -2.74. The van der Waals surface area contributed by atoms with Gasteiger partial charge in [-0.25, -0.2) is 4.79 Å². The number of unbranched alkanes of at least 4 members (excludes halogenated alkanes) is 3. The van der Waals surface area contributed by atoms with Crippen molar-refractivity contribution in [3.05, 3.63) is 29.8 Å². The van der Waals surface area contributed by atoms with Crippen molar-refractivity contribution in [3.63, 3.8) is 0 Å². The Morgan fingerprint density at radius 2 is 1.70 bits per heavy atom. The van der Waals surface area contributed by atoms with E-state index in [1.807, 2.05) is 0 Å². The largest absolute Gasteiger partial charge is 0.427 e. The molecular formula is C19H23NO7. The Bertz CT molecular complexity index is 683. The summed E-state index contributed by atoms with van der Waals surface area (Å²) in [5.41, 5.74) is 0.182. The summed E-state index contributed by atoms with van der Waals surface area (Å²) in [5.74, 6) is -2.43. The second-order valence-electron chi connectivity index (χ2n) is 6.25. The first-order chi connectivity index (χ1) is 12.9. The number of nitrogens with zero attached hydrogens (tertiary/aromatic N) is 1. The molecule has 0 aromatic heterocycles. The molecule has 1 aromatic rings. The van der Waals surface area contributed by atoms with Gasteiger partial charge in [-0.3, -0.25) is 14.4 Å². The van der Waals surface area contributed by atoms with Crippen LogP contribution in [-0.2, 0) is 24.0 Å². The third kappa shape index (κ3) is 5.89. The summed E-state index contributed by atoms with van der Waals surface area (Å²) in [7, 11) is 0. The first-order valence-electron chi connectivity index (χ1n) is 8.98. The van der Waals surface area contributed by atoms with Crippen LogP contribution in [0.5, 0.6) is 5.75 Å². The van der Waals surface area contributed by atoms with E-state index < -0.39 is 23.9 Å². The van der Waals surface area contributed by atoms with E-state index >= 15 is 0 Å². The minimum absolute atomic E-state index is 0.0271. The van der Waals surface area contributed by atoms with Gasteiger partial charge in [0.2, 0.25) is 0 Å². The van der Waals surface area contributed by atoms with Gasteiger partial charge in [0.1, 0.15) is 5.75 Å². The van der Waals surface area contributed by atoms with Gasteiger partial charge in [0.05, 0.1) is 0 Å². The number of rotatable bonds is 9. The fourth-order valence-electron chi connectivity index (χ4n) is 2.53. The Labute approximate surface area is 157 Å². The highest BCUT2D eigenvalue weighted by molar-refractivity contribution is 6.01. The van der Waals surface area contributed by atoms with Crippen LogP contribution in [0.2, 0.25) is 0 Å². The summed E-state index contributed by atoms with van der Waals surface area (Å²) in [6.07, 6.45) is 2.50. The molecule has 1 aromatic carbocycles. The van der Waals surface area contributed by atoms with Gasteiger partial charge in [-0.2, -0.15) is 0 Å². The van der Waals surface area contributed by atoms with Crippen LogP contribution in [0.25, 0.3) is 0 Å². The van der Waals surface area contributed by atoms with Crippen LogP contribution in [0.1, 0.15) is 63.5 Å². The fraction of sp³-hybridized carbons (Fsp3) is 0.474. The molecule has 0 saturated carbocycles. The van der Waals surface area contributed by atoms with Crippen molar-refractivity contribution in [2.24, 2.45) is 0 Å². The van der Waals surface area contributed by atoms with E-state index in [1.54, 1.807) is 0 Å². The van der Waals surface area contributed by atoms with Gasteiger partial charge in [-0.15, -0.1) is 5.06 Å². The lowest BCUT2D eigenvalue weighted by atomic mass is 10.1. The van der Waals surface area contributed by atoms with E-state index in [-0.39, 0.29) is 24.4 Å². The molecule has 1 fully saturated rings. The first-order valence-corrected chi connectivity index (χ1v) is 8.98. The predicted octanol–water partition coefficient (Wildman–Crippen LogP) is 2.20. The predicted molar refractivity (Wildman–Crippen MR) is 93.0 cm³/mol. The van der Waals surface area contributed by atoms with E-state index in [9.17, 15) is 24.3 Å².